The van der Waals surface area contributed by atoms with Crippen LogP contribution in [0, 0.1) is 22.7 Å². The molecule has 0 aromatic heterocycles. The number of allylic oxidation sites excluding steroid dienone is 1. The van der Waals surface area contributed by atoms with Crippen molar-refractivity contribution in [2.45, 2.75) is 79.1 Å². The van der Waals surface area contributed by atoms with Gasteiger partial charge in [0.15, 0.2) is 5.78 Å². The number of benzene rings is 1. The second-order valence-electron chi connectivity index (χ2n) is 10.8. The molecule has 29 heavy (non-hydrogen) atoms. The number of hydrogen-bond acceptors (Lipinski definition) is 2. The van der Waals surface area contributed by atoms with Crippen LogP contribution >= 0.6 is 0 Å². The van der Waals surface area contributed by atoms with Crippen molar-refractivity contribution in [2.75, 3.05) is 6.61 Å². The van der Waals surface area contributed by atoms with Gasteiger partial charge in [-0.1, -0.05) is 78.4 Å². The maximum Gasteiger partial charge on any atom is 0.165 e. The zero-order valence-corrected chi connectivity index (χ0v) is 20.6. The highest BCUT2D eigenvalue weighted by Crippen LogP contribution is 2.65. The van der Waals surface area contributed by atoms with E-state index in [1.54, 1.807) is 0 Å². The molecule has 2 fully saturated rings. The van der Waals surface area contributed by atoms with Crippen molar-refractivity contribution < 1.29 is 9.53 Å². The number of ether oxygens (including phenoxy) is 1. The predicted molar refractivity (Wildman–Crippen MR) is 126 cm³/mol. The molecular weight excluding hydrogens is 372 g/mol. The van der Waals surface area contributed by atoms with Crippen molar-refractivity contribution in [3.8, 4) is 5.75 Å². The molecule has 0 radical (unpaired) electrons. The molecule has 0 spiro atoms. The summed E-state index contributed by atoms with van der Waals surface area (Å²) in [6, 6.07) is 12.3. The van der Waals surface area contributed by atoms with Gasteiger partial charge in [-0.25, -0.2) is 0 Å². The molecule has 2 aliphatic carbocycles. The second-order valence-corrected chi connectivity index (χ2v) is 16.2. The minimum Gasteiger partial charge on any atom is -0.493 e. The maximum absolute atomic E-state index is 13.0. The van der Waals surface area contributed by atoms with Crippen LogP contribution in [-0.2, 0) is 4.79 Å². The van der Waals surface area contributed by atoms with Gasteiger partial charge in [0, 0.05) is 5.41 Å². The standard InChI is InChI=1S/C26H40O2Si/c1-8-29(7,9-2)18-19(3)17-28-21-12-10-20(11-13-21)16-22-23-14-15-26(6,24(22)27)25(23,4)5/h10-13,16,19,23H,8-9,14-15,17-18H2,1-7H3. The van der Waals surface area contributed by atoms with Crippen molar-refractivity contribution in [3.05, 3.63) is 35.4 Å². The molecule has 1 aromatic carbocycles. The first-order valence-corrected chi connectivity index (χ1v) is 14.7. The Morgan fingerprint density at radius 3 is 2.31 bits per heavy atom. The second kappa shape index (κ2) is 8.06. The summed E-state index contributed by atoms with van der Waals surface area (Å²) in [6.45, 7) is 17.0. The lowest BCUT2D eigenvalue weighted by atomic mass is 9.70. The van der Waals surface area contributed by atoms with Crippen molar-refractivity contribution in [2.24, 2.45) is 22.7 Å². The Kier molecular flexibility index (Phi) is 6.20. The Labute approximate surface area is 179 Å². The van der Waals surface area contributed by atoms with Crippen LogP contribution in [0.1, 0.15) is 59.9 Å². The number of carbonyl (C=O) groups excluding carboxylic acids is 1. The average Bonchev–Trinajstić information content (AvgIpc) is 3.01. The number of hydrogen-bond donors (Lipinski definition) is 0. The van der Waals surface area contributed by atoms with E-state index in [0.29, 0.717) is 17.6 Å². The molecule has 3 heteroatoms. The van der Waals surface area contributed by atoms with Gasteiger partial charge in [0.25, 0.3) is 0 Å². The highest BCUT2D eigenvalue weighted by molar-refractivity contribution is 6.78. The van der Waals surface area contributed by atoms with Crippen LogP contribution in [0.2, 0.25) is 24.7 Å². The fourth-order valence-corrected chi connectivity index (χ4v) is 8.49. The van der Waals surface area contributed by atoms with Gasteiger partial charge in [-0.05, 0) is 59.4 Å². The molecule has 2 aliphatic rings. The molecule has 3 atom stereocenters. The van der Waals surface area contributed by atoms with Crippen molar-refractivity contribution >= 4 is 19.9 Å². The topological polar surface area (TPSA) is 26.3 Å². The normalized spacial score (nSPS) is 28.2. The minimum absolute atomic E-state index is 0.0733. The minimum atomic E-state index is -1.08. The van der Waals surface area contributed by atoms with Crippen LogP contribution in [0.25, 0.3) is 6.08 Å². The Balaban J connectivity index is 1.63. The van der Waals surface area contributed by atoms with Crippen LogP contribution < -0.4 is 4.74 Å². The van der Waals surface area contributed by atoms with Gasteiger partial charge in [0.05, 0.1) is 14.7 Å². The molecule has 2 bridgehead atoms. The van der Waals surface area contributed by atoms with Crippen LogP contribution in [0.15, 0.2) is 29.8 Å². The Morgan fingerprint density at radius 2 is 1.79 bits per heavy atom. The average molecular weight is 413 g/mol. The van der Waals surface area contributed by atoms with Gasteiger partial charge in [-0.2, -0.15) is 0 Å². The zero-order valence-electron chi connectivity index (χ0n) is 19.6. The van der Waals surface area contributed by atoms with Gasteiger partial charge < -0.3 is 4.74 Å². The van der Waals surface area contributed by atoms with E-state index in [-0.39, 0.29) is 10.8 Å². The predicted octanol–water partition coefficient (Wildman–Crippen LogP) is 7.23. The highest BCUT2D eigenvalue weighted by Gasteiger charge is 2.63. The molecule has 0 aliphatic heterocycles. The van der Waals surface area contributed by atoms with Gasteiger partial charge in [-0.15, -0.1) is 0 Å². The van der Waals surface area contributed by atoms with E-state index in [4.69, 9.17) is 4.74 Å². The van der Waals surface area contributed by atoms with E-state index in [9.17, 15) is 4.79 Å². The van der Waals surface area contributed by atoms with E-state index in [1.165, 1.54) is 18.1 Å². The third kappa shape index (κ3) is 4.00. The third-order valence-corrected chi connectivity index (χ3v) is 13.7. The lowest BCUT2D eigenvalue weighted by Crippen LogP contribution is -2.32. The molecule has 160 valence electrons. The van der Waals surface area contributed by atoms with Crippen molar-refractivity contribution in [3.63, 3.8) is 0 Å². The zero-order chi connectivity index (χ0) is 21.4. The lowest BCUT2D eigenvalue weighted by Gasteiger charge is -2.31. The van der Waals surface area contributed by atoms with Gasteiger partial charge in [0.1, 0.15) is 5.75 Å². The highest BCUT2D eigenvalue weighted by atomic mass is 28.3. The summed E-state index contributed by atoms with van der Waals surface area (Å²) >= 11 is 0. The third-order valence-electron chi connectivity index (χ3n) is 8.65. The summed E-state index contributed by atoms with van der Waals surface area (Å²) in [5.41, 5.74) is 2.04. The number of fused-ring (bicyclic) bond motifs is 2. The quantitative estimate of drug-likeness (QED) is 0.332. The molecule has 0 heterocycles. The number of rotatable bonds is 8. The summed E-state index contributed by atoms with van der Waals surface area (Å²) in [6.07, 6.45) is 4.30. The van der Waals surface area contributed by atoms with Gasteiger partial charge in [-0.3, -0.25) is 4.79 Å². The first-order valence-electron chi connectivity index (χ1n) is 11.6. The van der Waals surface area contributed by atoms with Crippen LogP contribution in [0.3, 0.4) is 0 Å². The van der Waals surface area contributed by atoms with E-state index < -0.39 is 8.07 Å². The smallest absolute Gasteiger partial charge is 0.165 e. The van der Waals surface area contributed by atoms with E-state index >= 15 is 0 Å². The molecule has 2 saturated carbocycles. The largest absolute Gasteiger partial charge is 0.493 e. The van der Waals surface area contributed by atoms with E-state index in [0.717, 1.165) is 36.3 Å². The molecule has 1 aromatic rings. The van der Waals surface area contributed by atoms with Gasteiger partial charge in [0.2, 0.25) is 0 Å². The Bertz CT molecular complexity index is 772. The van der Waals surface area contributed by atoms with Gasteiger partial charge >= 0.3 is 0 Å². The summed E-state index contributed by atoms with van der Waals surface area (Å²) in [5, 5.41) is 0. The van der Waals surface area contributed by atoms with E-state index in [2.05, 4.69) is 78.4 Å². The summed E-state index contributed by atoms with van der Waals surface area (Å²) < 4.78 is 6.08. The lowest BCUT2D eigenvalue weighted by molar-refractivity contribution is -0.125. The summed E-state index contributed by atoms with van der Waals surface area (Å²) in [7, 11) is -1.08. The van der Waals surface area contributed by atoms with Crippen LogP contribution in [-0.4, -0.2) is 20.5 Å². The molecule has 0 amide bonds. The molecule has 3 rings (SSSR count). The first kappa shape index (κ1) is 22.3. The fourth-order valence-electron chi connectivity index (χ4n) is 5.61. The summed E-state index contributed by atoms with van der Waals surface area (Å²) in [5.74, 6) is 2.30. The SMILES string of the molecule is CC[Si](C)(CC)CC(C)COc1ccc(C=C2C(=O)C3(C)CCC2C3(C)C)cc1. The Morgan fingerprint density at radius 1 is 1.17 bits per heavy atom. The van der Waals surface area contributed by atoms with E-state index in [1.807, 2.05) is 0 Å². The maximum atomic E-state index is 13.0. The van der Waals surface area contributed by atoms with Crippen LogP contribution in [0.4, 0.5) is 0 Å². The first-order chi connectivity index (χ1) is 13.6. The molecule has 3 unspecified atom stereocenters. The molecule has 0 saturated heterocycles. The number of Topliss-reactive ketones (excluding diaryl/α,β-unsaturated/α-hetero) is 1. The summed E-state index contributed by atoms with van der Waals surface area (Å²) in [4.78, 5) is 13.0. The molecule has 2 nitrogen and oxygen atoms in total. The Hall–Kier alpha value is -1.35. The van der Waals surface area contributed by atoms with Crippen molar-refractivity contribution in [1.82, 2.24) is 0 Å². The number of carbonyl (C=O) groups is 1. The van der Waals surface area contributed by atoms with Crippen LogP contribution in [0.5, 0.6) is 5.75 Å². The fraction of sp³-hybridized carbons (Fsp3) is 0.654. The molecule has 0 N–H and O–H groups in total. The molecular formula is C26H40O2Si. The monoisotopic (exact) mass is 412 g/mol. The number of ketones is 1. The van der Waals surface area contributed by atoms with Crippen molar-refractivity contribution in [1.29, 1.82) is 0 Å².